The number of carboxylic acids is 1. The summed E-state index contributed by atoms with van der Waals surface area (Å²) in [6.45, 7) is 12.0. The Kier molecular flexibility index (Phi) is 5.21. The van der Waals surface area contributed by atoms with Crippen LogP contribution < -0.4 is 5.32 Å². The van der Waals surface area contributed by atoms with E-state index in [1.54, 1.807) is 6.07 Å². The second kappa shape index (κ2) is 7.18. The van der Waals surface area contributed by atoms with Gasteiger partial charge in [0.1, 0.15) is 6.04 Å². The van der Waals surface area contributed by atoms with Gasteiger partial charge < -0.3 is 10.4 Å². The number of amides is 1. The minimum absolute atomic E-state index is 0.126. The van der Waals surface area contributed by atoms with E-state index in [2.05, 4.69) is 10.4 Å². The number of pyridine rings is 1. The monoisotopic (exact) mass is 386 g/mol. The third kappa shape index (κ3) is 4.03. The average Bonchev–Trinajstić information content (AvgIpc) is 3.34. The van der Waals surface area contributed by atoms with E-state index in [1.807, 2.05) is 46.2 Å². The van der Waals surface area contributed by atoms with E-state index >= 15 is 0 Å². The Hall–Kier alpha value is -2.44. The number of carbonyl (C=O) groups is 2. The van der Waals surface area contributed by atoms with Gasteiger partial charge in [-0.3, -0.25) is 4.79 Å². The van der Waals surface area contributed by atoms with Gasteiger partial charge in [-0.15, -0.1) is 0 Å². The molecular formula is C21H30N4O3. The van der Waals surface area contributed by atoms with Crippen molar-refractivity contribution in [2.24, 2.45) is 5.92 Å². The predicted octanol–water partition coefficient (Wildman–Crippen LogP) is 3.60. The maximum absolute atomic E-state index is 13.1. The number of aromatic nitrogens is 3. The molecule has 7 nitrogen and oxygen atoms in total. The Morgan fingerprint density at radius 2 is 1.96 bits per heavy atom. The van der Waals surface area contributed by atoms with Gasteiger partial charge in [-0.2, -0.15) is 5.10 Å². The smallest absolute Gasteiger partial charge is 0.326 e. The zero-order chi connectivity index (χ0) is 20.8. The predicted molar refractivity (Wildman–Crippen MR) is 108 cm³/mol. The highest BCUT2D eigenvalue weighted by Crippen LogP contribution is 2.34. The molecule has 28 heavy (non-hydrogen) atoms. The summed E-state index contributed by atoms with van der Waals surface area (Å²) in [5, 5.41) is 17.6. The second-order valence-electron chi connectivity index (χ2n) is 9.16. The molecule has 1 saturated carbocycles. The van der Waals surface area contributed by atoms with Crippen molar-refractivity contribution in [3.8, 4) is 0 Å². The first kappa shape index (κ1) is 20.3. The Morgan fingerprint density at radius 1 is 1.32 bits per heavy atom. The average molecular weight is 386 g/mol. The fourth-order valence-corrected chi connectivity index (χ4v) is 3.40. The summed E-state index contributed by atoms with van der Waals surface area (Å²) in [4.78, 5) is 29.5. The van der Waals surface area contributed by atoms with Crippen LogP contribution in [-0.2, 0) is 10.3 Å². The van der Waals surface area contributed by atoms with Crippen LogP contribution in [-0.4, -0.2) is 37.8 Å². The summed E-state index contributed by atoms with van der Waals surface area (Å²) in [5.74, 6) is -0.840. The number of aliphatic carboxylic acids is 1. The van der Waals surface area contributed by atoms with Crippen LogP contribution in [0.1, 0.15) is 81.5 Å². The molecule has 0 saturated heterocycles. The van der Waals surface area contributed by atoms with Crippen LogP contribution in [0.3, 0.4) is 0 Å². The van der Waals surface area contributed by atoms with Crippen LogP contribution in [0.2, 0.25) is 0 Å². The van der Waals surface area contributed by atoms with Crippen molar-refractivity contribution >= 4 is 22.9 Å². The molecule has 0 radical (unpaired) electrons. The molecule has 2 aromatic rings. The van der Waals surface area contributed by atoms with Crippen molar-refractivity contribution < 1.29 is 14.7 Å². The van der Waals surface area contributed by atoms with Gasteiger partial charge in [-0.25, -0.2) is 14.5 Å². The van der Waals surface area contributed by atoms with Gasteiger partial charge in [0.15, 0.2) is 5.65 Å². The van der Waals surface area contributed by atoms with Crippen molar-refractivity contribution in [2.45, 2.75) is 78.3 Å². The van der Waals surface area contributed by atoms with Gasteiger partial charge in [0, 0.05) is 5.69 Å². The molecule has 1 unspecified atom stereocenters. The van der Waals surface area contributed by atoms with Crippen LogP contribution in [0.5, 0.6) is 0 Å². The van der Waals surface area contributed by atoms with Crippen LogP contribution in [0.4, 0.5) is 0 Å². The lowest BCUT2D eigenvalue weighted by molar-refractivity contribution is -0.139. The zero-order valence-corrected chi connectivity index (χ0v) is 17.5. The van der Waals surface area contributed by atoms with Crippen molar-refractivity contribution in [2.75, 3.05) is 0 Å². The highest BCUT2D eigenvalue weighted by molar-refractivity contribution is 6.07. The van der Waals surface area contributed by atoms with E-state index in [9.17, 15) is 14.7 Å². The number of hydrogen-bond acceptors (Lipinski definition) is 4. The summed E-state index contributed by atoms with van der Waals surface area (Å²) in [7, 11) is 0. The summed E-state index contributed by atoms with van der Waals surface area (Å²) in [5.41, 5.74) is 2.32. The number of rotatable bonds is 6. The Balaban J connectivity index is 2.09. The lowest BCUT2D eigenvalue weighted by Gasteiger charge is -2.21. The first-order valence-corrected chi connectivity index (χ1v) is 9.93. The molecule has 2 aromatic heterocycles. The molecule has 1 aliphatic carbocycles. The minimum atomic E-state index is -0.989. The first-order valence-electron chi connectivity index (χ1n) is 9.93. The van der Waals surface area contributed by atoms with E-state index in [4.69, 9.17) is 4.98 Å². The molecule has 1 aliphatic rings. The van der Waals surface area contributed by atoms with Crippen LogP contribution in [0.15, 0.2) is 6.07 Å². The minimum Gasteiger partial charge on any atom is -0.480 e. The SMILES string of the molecule is Cc1nn(C(C)(C)C)c2nc(C(C)C)cc(C(=O)NC(CC3CC3)C(=O)O)c12. The third-order valence-corrected chi connectivity index (χ3v) is 5.17. The summed E-state index contributed by atoms with van der Waals surface area (Å²) >= 11 is 0. The molecule has 3 rings (SSSR count). The number of carboxylic acid groups (broad SMARTS) is 1. The number of nitrogens with zero attached hydrogens (tertiary/aromatic N) is 3. The Morgan fingerprint density at radius 3 is 2.46 bits per heavy atom. The summed E-state index contributed by atoms with van der Waals surface area (Å²) in [6, 6.07) is 0.906. The largest absolute Gasteiger partial charge is 0.480 e. The van der Waals surface area contributed by atoms with Gasteiger partial charge in [-0.1, -0.05) is 26.7 Å². The molecule has 0 bridgehead atoms. The molecule has 0 aromatic carbocycles. The van der Waals surface area contributed by atoms with Gasteiger partial charge >= 0.3 is 5.97 Å². The highest BCUT2D eigenvalue weighted by Gasteiger charge is 2.32. The van der Waals surface area contributed by atoms with Crippen molar-refractivity contribution in [3.63, 3.8) is 0 Å². The standard InChI is InChI=1S/C21H30N4O3/c1-11(2)15-10-14(19(26)23-16(20(27)28)9-13-7-8-13)17-12(3)24-25(18(17)22-15)21(4,5)6/h10-11,13,16H,7-9H2,1-6H3,(H,23,26)(H,27,28). The van der Waals surface area contributed by atoms with E-state index < -0.39 is 12.0 Å². The van der Waals surface area contributed by atoms with Crippen LogP contribution in [0.25, 0.3) is 11.0 Å². The molecule has 1 amide bonds. The van der Waals surface area contributed by atoms with Crippen molar-refractivity contribution in [1.82, 2.24) is 20.1 Å². The molecule has 2 N–H and O–H groups in total. The molecule has 152 valence electrons. The van der Waals surface area contributed by atoms with Gasteiger partial charge in [-0.05, 0) is 52.0 Å². The quantitative estimate of drug-likeness (QED) is 0.790. The van der Waals surface area contributed by atoms with E-state index in [1.165, 1.54) is 0 Å². The Labute approximate surface area is 165 Å². The molecule has 0 aliphatic heterocycles. The van der Waals surface area contributed by atoms with Gasteiger partial charge in [0.2, 0.25) is 0 Å². The lowest BCUT2D eigenvalue weighted by atomic mass is 10.0. The normalized spacial score (nSPS) is 15.8. The summed E-state index contributed by atoms with van der Waals surface area (Å²) in [6.07, 6.45) is 2.55. The zero-order valence-electron chi connectivity index (χ0n) is 17.5. The number of fused-ring (bicyclic) bond motifs is 1. The van der Waals surface area contributed by atoms with Crippen molar-refractivity contribution in [1.29, 1.82) is 0 Å². The molecular weight excluding hydrogens is 356 g/mol. The van der Waals surface area contributed by atoms with Crippen LogP contribution in [0, 0.1) is 12.8 Å². The maximum Gasteiger partial charge on any atom is 0.326 e. The number of carbonyl (C=O) groups excluding carboxylic acids is 1. The topological polar surface area (TPSA) is 97.1 Å². The lowest BCUT2D eigenvalue weighted by Crippen LogP contribution is -2.41. The van der Waals surface area contributed by atoms with E-state index in [-0.39, 0.29) is 17.4 Å². The number of hydrogen-bond donors (Lipinski definition) is 2. The Bertz CT molecular complexity index is 920. The van der Waals surface area contributed by atoms with E-state index in [0.717, 1.165) is 18.5 Å². The van der Waals surface area contributed by atoms with E-state index in [0.29, 0.717) is 34.6 Å². The molecule has 2 heterocycles. The number of nitrogens with one attached hydrogen (secondary N) is 1. The third-order valence-electron chi connectivity index (χ3n) is 5.17. The molecule has 1 atom stereocenters. The van der Waals surface area contributed by atoms with Gasteiger partial charge in [0.25, 0.3) is 5.91 Å². The maximum atomic E-state index is 13.1. The molecule has 1 fully saturated rings. The number of aryl methyl sites for hydroxylation is 1. The fourth-order valence-electron chi connectivity index (χ4n) is 3.40. The van der Waals surface area contributed by atoms with Crippen LogP contribution >= 0.6 is 0 Å². The first-order chi connectivity index (χ1) is 13.0. The molecule has 0 spiro atoms. The van der Waals surface area contributed by atoms with Gasteiger partial charge in [0.05, 0.1) is 22.2 Å². The highest BCUT2D eigenvalue weighted by atomic mass is 16.4. The second-order valence-corrected chi connectivity index (χ2v) is 9.16. The van der Waals surface area contributed by atoms with Crippen molar-refractivity contribution in [3.05, 3.63) is 23.0 Å². The fraction of sp³-hybridized carbons (Fsp3) is 0.619. The molecule has 7 heteroatoms. The summed E-state index contributed by atoms with van der Waals surface area (Å²) < 4.78 is 1.85.